The van der Waals surface area contributed by atoms with E-state index >= 15 is 0 Å². The molecule has 0 aliphatic carbocycles. The lowest BCUT2D eigenvalue weighted by Crippen LogP contribution is -2.28. The highest BCUT2D eigenvalue weighted by Crippen LogP contribution is 2.13. The van der Waals surface area contributed by atoms with Gasteiger partial charge in [0.2, 0.25) is 5.91 Å². The number of benzene rings is 1. The molecule has 0 spiro atoms. The van der Waals surface area contributed by atoms with Gasteiger partial charge in [-0.15, -0.1) is 0 Å². The van der Waals surface area contributed by atoms with Gasteiger partial charge in [-0.05, 0) is 5.56 Å². The summed E-state index contributed by atoms with van der Waals surface area (Å²) < 4.78 is 1.94. The van der Waals surface area contributed by atoms with E-state index in [0.29, 0.717) is 13.0 Å². The molecule has 2 aromatic rings. The van der Waals surface area contributed by atoms with Crippen LogP contribution in [0.3, 0.4) is 0 Å². The normalized spacial score (nSPS) is 14.6. The Kier molecular flexibility index (Phi) is 6.01. The lowest BCUT2D eigenvalue weighted by atomic mass is 10.2. The van der Waals surface area contributed by atoms with E-state index in [4.69, 9.17) is 0 Å². The Bertz CT molecular complexity index is 579. The molecule has 1 aromatic heterocycles. The fraction of sp³-hybridized carbons (Fsp3) is 0.412. The van der Waals surface area contributed by atoms with Crippen molar-refractivity contribution in [2.75, 3.05) is 24.5 Å². The first-order valence-corrected chi connectivity index (χ1v) is 7.90. The molecule has 1 aliphatic heterocycles. The average Bonchev–Trinajstić information content (AvgIpc) is 2.91. The minimum Gasteiger partial charge on any atom is -0.354 e. The van der Waals surface area contributed by atoms with Crippen LogP contribution in [-0.4, -0.2) is 35.3 Å². The van der Waals surface area contributed by atoms with Crippen molar-refractivity contribution in [1.82, 2.24) is 15.1 Å². The number of aromatic nitrogens is 2. The molecule has 0 unspecified atom stereocenters. The zero-order chi connectivity index (χ0) is 15.8. The predicted octanol–water partition coefficient (Wildman–Crippen LogP) is 2.28. The SMILES string of the molecule is CC.O=C1CCN(c2ccn(Cc3ccccc3)n2)CCN1. The van der Waals surface area contributed by atoms with E-state index in [1.165, 1.54) is 5.56 Å². The molecule has 1 aromatic carbocycles. The molecular weight excluding hydrogens is 276 g/mol. The molecule has 3 rings (SSSR count). The molecule has 5 nitrogen and oxygen atoms in total. The predicted molar refractivity (Wildman–Crippen MR) is 89.0 cm³/mol. The topological polar surface area (TPSA) is 50.2 Å². The fourth-order valence-corrected chi connectivity index (χ4v) is 2.37. The quantitative estimate of drug-likeness (QED) is 0.946. The van der Waals surface area contributed by atoms with Crippen LogP contribution in [0.2, 0.25) is 0 Å². The molecule has 1 aliphatic rings. The maximum Gasteiger partial charge on any atom is 0.221 e. The summed E-state index contributed by atoms with van der Waals surface area (Å²) in [5.41, 5.74) is 1.23. The van der Waals surface area contributed by atoms with Crippen molar-refractivity contribution in [3.8, 4) is 0 Å². The highest BCUT2D eigenvalue weighted by atomic mass is 16.1. The van der Waals surface area contributed by atoms with E-state index in [1.807, 2.05) is 49.0 Å². The Hall–Kier alpha value is -2.30. The van der Waals surface area contributed by atoms with Crippen molar-refractivity contribution in [2.45, 2.75) is 26.8 Å². The summed E-state index contributed by atoms with van der Waals surface area (Å²) >= 11 is 0. The van der Waals surface area contributed by atoms with E-state index in [9.17, 15) is 4.79 Å². The molecule has 0 bridgehead atoms. The van der Waals surface area contributed by atoms with Crippen molar-refractivity contribution in [2.24, 2.45) is 0 Å². The van der Waals surface area contributed by atoms with Crippen LogP contribution in [0.4, 0.5) is 5.82 Å². The van der Waals surface area contributed by atoms with Gasteiger partial charge in [-0.1, -0.05) is 44.2 Å². The zero-order valence-electron chi connectivity index (χ0n) is 13.3. The molecule has 22 heavy (non-hydrogen) atoms. The second kappa shape index (κ2) is 8.22. The Morgan fingerprint density at radius 2 is 1.91 bits per heavy atom. The van der Waals surface area contributed by atoms with Crippen LogP contribution in [0, 0.1) is 0 Å². The molecule has 1 saturated heterocycles. The highest BCUT2D eigenvalue weighted by molar-refractivity contribution is 5.77. The largest absolute Gasteiger partial charge is 0.354 e. The maximum atomic E-state index is 11.3. The summed E-state index contributed by atoms with van der Waals surface area (Å²) in [6, 6.07) is 12.3. The number of carbonyl (C=O) groups is 1. The number of amides is 1. The van der Waals surface area contributed by atoms with Crippen molar-refractivity contribution in [3.05, 3.63) is 48.2 Å². The number of carbonyl (C=O) groups excluding carboxylic acids is 1. The third-order valence-electron chi connectivity index (χ3n) is 3.45. The van der Waals surface area contributed by atoms with Crippen LogP contribution in [0.1, 0.15) is 25.8 Å². The first-order chi connectivity index (χ1) is 10.8. The van der Waals surface area contributed by atoms with Crippen LogP contribution in [0.5, 0.6) is 0 Å². The number of hydrogen-bond acceptors (Lipinski definition) is 3. The highest BCUT2D eigenvalue weighted by Gasteiger charge is 2.15. The molecule has 1 amide bonds. The molecule has 2 heterocycles. The minimum absolute atomic E-state index is 0.121. The molecule has 1 fully saturated rings. The second-order valence-corrected chi connectivity index (χ2v) is 4.94. The van der Waals surface area contributed by atoms with E-state index in [0.717, 1.165) is 25.5 Å². The van der Waals surface area contributed by atoms with E-state index in [1.54, 1.807) is 0 Å². The summed E-state index contributed by atoms with van der Waals surface area (Å²) in [4.78, 5) is 13.5. The number of rotatable bonds is 3. The molecule has 0 radical (unpaired) electrons. The van der Waals surface area contributed by atoms with Crippen molar-refractivity contribution in [3.63, 3.8) is 0 Å². The van der Waals surface area contributed by atoms with E-state index in [2.05, 4.69) is 27.4 Å². The maximum absolute atomic E-state index is 11.3. The van der Waals surface area contributed by atoms with Crippen molar-refractivity contribution in [1.29, 1.82) is 0 Å². The summed E-state index contributed by atoms with van der Waals surface area (Å²) in [5.74, 6) is 1.06. The third kappa shape index (κ3) is 4.35. The van der Waals surface area contributed by atoms with Crippen molar-refractivity contribution >= 4 is 11.7 Å². The summed E-state index contributed by atoms with van der Waals surface area (Å²) in [7, 11) is 0. The van der Waals surface area contributed by atoms with E-state index < -0.39 is 0 Å². The van der Waals surface area contributed by atoms with Gasteiger partial charge in [0.05, 0.1) is 6.54 Å². The minimum atomic E-state index is 0.121. The van der Waals surface area contributed by atoms with Crippen LogP contribution < -0.4 is 10.2 Å². The van der Waals surface area contributed by atoms with Gasteiger partial charge in [0.15, 0.2) is 5.82 Å². The first-order valence-electron chi connectivity index (χ1n) is 7.90. The summed E-state index contributed by atoms with van der Waals surface area (Å²) in [6.45, 7) is 7.00. The molecule has 1 N–H and O–H groups in total. The Labute approximate surface area is 131 Å². The Morgan fingerprint density at radius 1 is 1.14 bits per heavy atom. The number of nitrogens with one attached hydrogen (secondary N) is 1. The monoisotopic (exact) mass is 300 g/mol. The van der Waals surface area contributed by atoms with Gasteiger partial charge in [0.25, 0.3) is 0 Å². The van der Waals surface area contributed by atoms with Gasteiger partial charge >= 0.3 is 0 Å². The lowest BCUT2D eigenvalue weighted by molar-refractivity contribution is -0.120. The number of anilines is 1. The second-order valence-electron chi connectivity index (χ2n) is 4.94. The first kappa shape index (κ1) is 16.1. The van der Waals surface area contributed by atoms with Crippen LogP contribution in [0.25, 0.3) is 0 Å². The summed E-state index contributed by atoms with van der Waals surface area (Å²) in [6.07, 6.45) is 2.52. The molecule has 5 heteroatoms. The standard InChI is InChI=1S/C15H18N4O.C2H6/c20-15-7-9-18(11-8-16-15)14-6-10-19(17-14)12-13-4-2-1-3-5-13;1-2/h1-6,10H,7-9,11-12H2,(H,16,20);1-2H3. The lowest BCUT2D eigenvalue weighted by Gasteiger charge is -2.18. The van der Waals surface area contributed by atoms with Gasteiger partial charge in [-0.3, -0.25) is 9.48 Å². The van der Waals surface area contributed by atoms with Gasteiger partial charge in [-0.2, -0.15) is 5.10 Å². The van der Waals surface area contributed by atoms with Gasteiger partial charge in [0, 0.05) is 38.3 Å². The van der Waals surface area contributed by atoms with E-state index in [-0.39, 0.29) is 5.91 Å². The zero-order valence-corrected chi connectivity index (χ0v) is 13.3. The van der Waals surface area contributed by atoms with Gasteiger partial charge in [0.1, 0.15) is 0 Å². The van der Waals surface area contributed by atoms with Crippen molar-refractivity contribution < 1.29 is 4.79 Å². The van der Waals surface area contributed by atoms with Gasteiger partial charge in [-0.25, -0.2) is 0 Å². The summed E-state index contributed by atoms with van der Waals surface area (Å²) in [5, 5.41) is 7.48. The average molecular weight is 300 g/mol. The number of hydrogen-bond donors (Lipinski definition) is 1. The van der Waals surface area contributed by atoms with Crippen LogP contribution in [-0.2, 0) is 11.3 Å². The van der Waals surface area contributed by atoms with Crippen LogP contribution in [0.15, 0.2) is 42.6 Å². The number of nitrogens with zero attached hydrogens (tertiary/aromatic N) is 3. The molecule has 0 saturated carbocycles. The molecule has 0 atom stereocenters. The molecule has 118 valence electrons. The van der Waals surface area contributed by atoms with Crippen LogP contribution >= 0.6 is 0 Å². The Balaban J connectivity index is 0.000000847. The molecular formula is C17H24N4O. The smallest absolute Gasteiger partial charge is 0.221 e. The third-order valence-corrected chi connectivity index (χ3v) is 3.45. The van der Waals surface area contributed by atoms with Gasteiger partial charge < -0.3 is 10.2 Å². The fourth-order valence-electron chi connectivity index (χ4n) is 2.37. The Morgan fingerprint density at radius 3 is 2.68 bits per heavy atom.